The molecule has 0 atom stereocenters. The summed E-state index contributed by atoms with van der Waals surface area (Å²) in [6, 6.07) is 2.70. The summed E-state index contributed by atoms with van der Waals surface area (Å²) in [5.74, 6) is -15.8. The Bertz CT molecular complexity index is 1180. The summed E-state index contributed by atoms with van der Waals surface area (Å²) in [4.78, 5) is 0. The molecule has 0 aliphatic rings. The molecule has 0 bridgehead atoms. The van der Waals surface area contributed by atoms with Crippen LogP contribution in [0.25, 0.3) is 22.2 Å². The highest BCUT2D eigenvalue weighted by molar-refractivity contribution is 5.88. The molecule has 2 rings (SSSR count). The van der Waals surface area contributed by atoms with E-state index in [0.717, 1.165) is 12.1 Å². The number of benzene rings is 2. The van der Waals surface area contributed by atoms with E-state index < -0.39 is 67.5 Å². The third-order valence-electron chi connectivity index (χ3n) is 3.18. The highest BCUT2D eigenvalue weighted by Crippen LogP contribution is 2.26. The van der Waals surface area contributed by atoms with Crippen molar-refractivity contribution in [3.63, 3.8) is 0 Å². The van der Waals surface area contributed by atoms with Crippen LogP contribution in [-0.4, -0.2) is 0 Å². The monoisotopic (exact) mass is 355 g/mol. The Morgan fingerprint density at radius 1 is 0.560 bits per heavy atom. The second-order valence-electron chi connectivity index (χ2n) is 4.41. The number of nitrogens with zero attached hydrogens (tertiary/aromatic N) is 3. The molecule has 0 saturated heterocycles. The quantitative estimate of drug-likeness (QED) is 0.538. The van der Waals surface area contributed by atoms with Gasteiger partial charge >= 0.3 is 0 Å². The molecule has 0 aliphatic heterocycles. The Labute approximate surface area is 133 Å². The van der Waals surface area contributed by atoms with Gasteiger partial charge in [0.15, 0.2) is 23.3 Å². The molecule has 0 radical (unpaired) electrons. The van der Waals surface area contributed by atoms with Gasteiger partial charge in [0.2, 0.25) is 5.83 Å². The van der Waals surface area contributed by atoms with Gasteiger partial charge in [-0.3, -0.25) is 0 Å². The molecule has 0 amide bonds. The van der Waals surface area contributed by atoms with Crippen molar-refractivity contribution in [3.8, 4) is 18.2 Å². The van der Waals surface area contributed by atoms with E-state index in [0.29, 0.717) is 6.07 Å². The maximum absolute atomic E-state index is 14.3. The van der Waals surface area contributed by atoms with Crippen molar-refractivity contribution in [1.82, 2.24) is 0 Å². The number of hydrogen-bond donors (Lipinski definition) is 0. The maximum atomic E-state index is 14.3. The number of halogens is 7. The number of fused-ring (bicyclic) bond motifs is 1. The fourth-order valence-electron chi connectivity index (χ4n) is 2.12. The van der Waals surface area contributed by atoms with Gasteiger partial charge in [0.1, 0.15) is 35.4 Å². The molecule has 2 aromatic rings. The van der Waals surface area contributed by atoms with Crippen LogP contribution >= 0.6 is 0 Å². The van der Waals surface area contributed by atoms with E-state index in [-0.39, 0.29) is 0 Å². The molecule has 10 heteroatoms. The van der Waals surface area contributed by atoms with E-state index in [1.807, 2.05) is 0 Å². The van der Waals surface area contributed by atoms with Crippen molar-refractivity contribution in [1.29, 1.82) is 15.8 Å². The van der Waals surface area contributed by atoms with Gasteiger partial charge in [-0.2, -0.15) is 20.2 Å². The highest BCUT2D eigenvalue weighted by atomic mass is 19.2. The Morgan fingerprint density at radius 2 is 0.960 bits per heavy atom. The minimum Gasteiger partial charge on any atom is -0.205 e. The third kappa shape index (κ3) is 2.34. The van der Waals surface area contributed by atoms with Crippen molar-refractivity contribution in [2.24, 2.45) is 0 Å². The molecule has 0 N–H and O–H groups in total. The van der Waals surface area contributed by atoms with Crippen molar-refractivity contribution in [2.75, 3.05) is 0 Å². The van der Waals surface area contributed by atoms with Crippen LogP contribution in [0.4, 0.5) is 30.7 Å². The van der Waals surface area contributed by atoms with Gasteiger partial charge in [0.05, 0.1) is 21.2 Å². The normalized spacial score (nSPS) is 11.5. The van der Waals surface area contributed by atoms with E-state index in [1.165, 1.54) is 0 Å². The second-order valence-corrected chi connectivity index (χ2v) is 4.41. The van der Waals surface area contributed by atoms with E-state index in [4.69, 9.17) is 15.8 Å². The summed E-state index contributed by atoms with van der Waals surface area (Å²) < 4.78 is 97.5. The average molecular weight is 355 g/mol. The van der Waals surface area contributed by atoms with E-state index in [2.05, 4.69) is 0 Å². The first-order valence-corrected chi connectivity index (χ1v) is 5.99. The van der Waals surface area contributed by atoms with Crippen LogP contribution in [0.15, 0.2) is 0 Å². The minimum atomic E-state index is -2.37. The lowest BCUT2D eigenvalue weighted by molar-refractivity contribution is 0.469. The van der Waals surface area contributed by atoms with E-state index in [9.17, 15) is 30.7 Å². The maximum Gasteiger partial charge on any atom is 0.213 e. The van der Waals surface area contributed by atoms with Crippen molar-refractivity contribution < 1.29 is 30.7 Å². The van der Waals surface area contributed by atoms with Gasteiger partial charge in [-0.1, -0.05) is 0 Å². The summed E-state index contributed by atoms with van der Waals surface area (Å²) in [5, 5.41) is 18.4. The zero-order valence-corrected chi connectivity index (χ0v) is 11.5. The first kappa shape index (κ1) is 17.8. The topological polar surface area (TPSA) is 71.4 Å². The summed E-state index contributed by atoms with van der Waals surface area (Å²) in [7, 11) is 0. The van der Waals surface area contributed by atoms with Crippen LogP contribution in [0.3, 0.4) is 0 Å². The Hall–Kier alpha value is -3.58. The molecule has 3 nitrogen and oxygen atoms in total. The van der Waals surface area contributed by atoms with Crippen LogP contribution in [-0.2, 0) is 0 Å². The number of rotatable bonds is 0. The van der Waals surface area contributed by atoms with Gasteiger partial charge < -0.3 is 0 Å². The fraction of sp³-hybridized carbons (Fsp3) is 0. The summed E-state index contributed by atoms with van der Waals surface area (Å²) >= 11 is 0. The fourth-order valence-corrected chi connectivity index (χ4v) is 2.12. The predicted octanol–water partition coefficient (Wildman–Crippen LogP) is 2.47. The highest BCUT2D eigenvalue weighted by Gasteiger charge is 2.28. The molecule has 0 saturated carbocycles. The molecule has 0 fully saturated rings. The summed E-state index contributed by atoms with van der Waals surface area (Å²) in [6.07, 6.45) is 0. The smallest absolute Gasteiger partial charge is 0.205 e. The summed E-state index contributed by atoms with van der Waals surface area (Å²) in [6.45, 7) is 0. The molecule has 0 unspecified atom stereocenters. The molecule has 25 heavy (non-hydrogen) atoms. The second kappa shape index (κ2) is 6.14. The van der Waals surface area contributed by atoms with Gasteiger partial charge in [-0.05, 0) is 0 Å². The molecule has 124 valence electrons. The predicted molar refractivity (Wildman–Crippen MR) is 67.7 cm³/mol. The van der Waals surface area contributed by atoms with Gasteiger partial charge in [-0.15, -0.1) is 0 Å². The van der Waals surface area contributed by atoms with Crippen LogP contribution < -0.4 is 10.4 Å². The SMILES string of the molecule is N#CC(C#N)=c1c(F)c(F)c2c(F)/c(=C(/F)C#N)c(F)c(F)c2c1F. The Morgan fingerprint density at radius 3 is 1.36 bits per heavy atom. The first-order chi connectivity index (χ1) is 11.7. The molecule has 0 aliphatic carbocycles. The van der Waals surface area contributed by atoms with Crippen LogP contribution in [0.5, 0.6) is 0 Å². The Balaban J connectivity index is 3.45. The number of nitriles is 3. The largest absolute Gasteiger partial charge is 0.213 e. The molecule has 0 heterocycles. The summed E-state index contributed by atoms with van der Waals surface area (Å²) in [5.41, 5.74) is -1.32. The third-order valence-corrected chi connectivity index (χ3v) is 3.18. The lowest BCUT2D eigenvalue weighted by Crippen LogP contribution is -2.25. The molecule has 0 spiro atoms. The van der Waals surface area contributed by atoms with E-state index in [1.54, 1.807) is 0 Å². The lowest BCUT2D eigenvalue weighted by Gasteiger charge is -2.08. The molecular weight excluding hydrogens is 355 g/mol. The minimum absolute atomic E-state index is 0.655. The van der Waals surface area contributed by atoms with Crippen molar-refractivity contribution in [3.05, 3.63) is 45.3 Å². The van der Waals surface area contributed by atoms with Crippen molar-refractivity contribution in [2.45, 2.75) is 0 Å². The van der Waals surface area contributed by atoms with Gasteiger partial charge in [0.25, 0.3) is 0 Å². The zero-order chi connectivity index (χ0) is 19.0. The van der Waals surface area contributed by atoms with Crippen LogP contribution in [0.1, 0.15) is 0 Å². The van der Waals surface area contributed by atoms with Gasteiger partial charge in [0, 0.05) is 0 Å². The lowest BCUT2D eigenvalue weighted by atomic mass is 10.0. The standard InChI is InChI=1S/C15F7N3/c16-5(3-25)7-11(18)9-8(15(22)13(7)20)10(17)6(4(1-23)2-24)12(19)14(9)21/b7-5-. The molecule has 2 aromatic carbocycles. The van der Waals surface area contributed by atoms with E-state index >= 15 is 0 Å². The first-order valence-electron chi connectivity index (χ1n) is 5.99. The zero-order valence-electron chi connectivity index (χ0n) is 11.5. The molecular formula is C15F7N3. The average Bonchev–Trinajstić information content (AvgIpc) is 2.59. The van der Waals surface area contributed by atoms with Crippen molar-refractivity contribution >= 4 is 22.2 Å². The van der Waals surface area contributed by atoms with Gasteiger partial charge in [-0.25, -0.2) is 26.3 Å². The molecule has 0 aromatic heterocycles. The van der Waals surface area contributed by atoms with Crippen LogP contribution in [0, 0.1) is 68.9 Å². The van der Waals surface area contributed by atoms with Crippen LogP contribution in [0.2, 0.25) is 0 Å². The Kier molecular flexibility index (Phi) is 4.36. The number of hydrogen-bond acceptors (Lipinski definition) is 3.